The van der Waals surface area contributed by atoms with E-state index in [0.717, 1.165) is 22.0 Å². The molecule has 0 aliphatic heterocycles. The lowest BCUT2D eigenvalue weighted by molar-refractivity contribution is -0.142. The Balaban J connectivity index is 1.68. The number of carboxylic acid groups (broad SMARTS) is 1. The summed E-state index contributed by atoms with van der Waals surface area (Å²) in [5.74, 6) is -2.04. The molecule has 8 heteroatoms. The molecule has 6 N–H and O–H groups in total. The summed E-state index contributed by atoms with van der Waals surface area (Å²) in [6, 6.07) is 14.1. The Morgan fingerprint density at radius 3 is 2.24 bits per heavy atom. The van der Waals surface area contributed by atoms with Gasteiger partial charge in [0.1, 0.15) is 12.1 Å². The van der Waals surface area contributed by atoms with E-state index < -0.39 is 35.9 Å². The van der Waals surface area contributed by atoms with Crippen molar-refractivity contribution in [2.75, 3.05) is 0 Å². The first-order valence-electron chi connectivity index (χ1n) is 11.4. The molecule has 0 aliphatic carbocycles. The highest BCUT2D eigenvalue weighted by Crippen LogP contribution is 2.19. The lowest BCUT2D eigenvalue weighted by atomic mass is 10.00. The van der Waals surface area contributed by atoms with E-state index >= 15 is 0 Å². The Morgan fingerprint density at radius 2 is 1.56 bits per heavy atom. The Hall–Kier alpha value is -3.65. The Bertz CT molecular complexity index is 1130. The first-order valence-corrected chi connectivity index (χ1v) is 11.4. The van der Waals surface area contributed by atoms with Crippen LogP contribution >= 0.6 is 0 Å². The van der Waals surface area contributed by atoms with Crippen LogP contribution in [-0.4, -0.2) is 46.0 Å². The molecule has 2 amide bonds. The third-order valence-electron chi connectivity index (χ3n) is 5.69. The molecule has 3 atom stereocenters. The third kappa shape index (κ3) is 6.68. The predicted octanol–water partition coefficient (Wildman–Crippen LogP) is 2.38. The monoisotopic (exact) mass is 464 g/mol. The number of fused-ring (bicyclic) bond motifs is 1. The number of para-hydroxylation sites is 1. The van der Waals surface area contributed by atoms with Gasteiger partial charge in [-0.3, -0.25) is 9.59 Å². The minimum atomic E-state index is -1.14. The molecule has 8 nitrogen and oxygen atoms in total. The van der Waals surface area contributed by atoms with Crippen molar-refractivity contribution in [3.63, 3.8) is 0 Å². The SMILES string of the molecule is CC(C)CC(NC(=O)C(N)Cc1ccccc1)C(=O)NC(Cc1c[nH]c2ccccc12)C(=O)O. The number of carbonyl (C=O) groups is 3. The number of aromatic amines is 1. The number of benzene rings is 2. The maximum atomic E-state index is 13.1. The minimum absolute atomic E-state index is 0.0956. The van der Waals surface area contributed by atoms with Gasteiger partial charge in [-0.25, -0.2) is 4.79 Å². The summed E-state index contributed by atoms with van der Waals surface area (Å²) in [5, 5.41) is 16.0. The zero-order valence-corrected chi connectivity index (χ0v) is 19.5. The lowest BCUT2D eigenvalue weighted by Crippen LogP contribution is -2.55. The number of aromatic nitrogens is 1. The van der Waals surface area contributed by atoms with Crippen molar-refractivity contribution in [2.24, 2.45) is 11.7 Å². The topological polar surface area (TPSA) is 137 Å². The van der Waals surface area contributed by atoms with Gasteiger partial charge in [-0.2, -0.15) is 0 Å². The molecular formula is C26H32N4O4. The second kappa shape index (κ2) is 11.5. The summed E-state index contributed by atoms with van der Waals surface area (Å²) >= 11 is 0. The number of carbonyl (C=O) groups excluding carboxylic acids is 2. The lowest BCUT2D eigenvalue weighted by Gasteiger charge is -2.24. The molecule has 0 radical (unpaired) electrons. The number of amides is 2. The van der Waals surface area contributed by atoms with Crippen LogP contribution in [0.4, 0.5) is 0 Å². The van der Waals surface area contributed by atoms with Gasteiger partial charge < -0.3 is 26.5 Å². The minimum Gasteiger partial charge on any atom is -0.480 e. The first kappa shape index (κ1) is 25.0. The Labute approximate surface area is 198 Å². The van der Waals surface area contributed by atoms with E-state index in [1.54, 1.807) is 6.20 Å². The summed E-state index contributed by atoms with van der Waals surface area (Å²) in [6.07, 6.45) is 2.56. The van der Waals surface area contributed by atoms with E-state index in [1.807, 2.05) is 68.4 Å². The summed E-state index contributed by atoms with van der Waals surface area (Å²) in [4.78, 5) is 40.9. The highest BCUT2D eigenvalue weighted by molar-refractivity contribution is 5.92. The van der Waals surface area contributed by atoms with Gasteiger partial charge in [-0.1, -0.05) is 62.4 Å². The van der Waals surface area contributed by atoms with Crippen LogP contribution in [0.2, 0.25) is 0 Å². The zero-order valence-electron chi connectivity index (χ0n) is 19.5. The molecule has 1 heterocycles. The second-order valence-corrected chi connectivity index (χ2v) is 8.95. The van der Waals surface area contributed by atoms with Crippen LogP contribution in [-0.2, 0) is 27.2 Å². The van der Waals surface area contributed by atoms with Crippen LogP contribution in [0, 0.1) is 5.92 Å². The Morgan fingerprint density at radius 1 is 0.912 bits per heavy atom. The molecule has 34 heavy (non-hydrogen) atoms. The van der Waals surface area contributed by atoms with Crippen LogP contribution in [0.1, 0.15) is 31.4 Å². The van der Waals surface area contributed by atoms with Crippen LogP contribution in [0.25, 0.3) is 10.9 Å². The van der Waals surface area contributed by atoms with Gasteiger partial charge in [0.15, 0.2) is 0 Å². The summed E-state index contributed by atoms with van der Waals surface area (Å²) in [7, 11) is 0. The van der Waals surface area contributed by atoms with Gasteiger partial charge >= 0.3 is 5.97 Å². The predicted molar refractivity (Wildman–Crippen MR) is 131 cm³/mol. The van der Waals surface area contributed by atoms with Crippen molar-refractivity contribution in [1.29, 1.82) is 0 Å². The van der Waals surface area contributed by atoms with Gasteiger partial charge in [0.25, 0.3) is 0 Å². The molecule has 0 bridgehead atoms. The van der Waals surface area contributed by atoms with Crippen molar-refractivity contribution >= 4 is 28.7 Å². The fraction of sp³-hybridized carbons (Fsp3) is 0.346. The number of nitrogens with two attached hydrogens (primary N) is 1. The van der Waals surface area contributed by atoms with Gasteiger partial charge in [0, 0.05) is 23.5 Å². The second-order valence-electron chi connectivity index (χ2n) is 8.95. The number of aliphatic carboxylic acids is 1. The molecule has 3 rings (SSSR count). The van der Waals surface area contributed by atoms with E-state index in [1.165, 1.54) is 0 Å². The molecule has 2 aromatic carbocycles. The van der Waals surface area contributed by atoms with Gasteiger partial charge in [-0.15, -0.1) is 0 Å². The molecule has 180 valence electrons. The number of rotatable bonds is 11. The fourth-order valence-corrected chi connectivity index (χ4v) is 3.94. The fourth-order valence-electron chi connectivity index (χ4n) is 3.94. The molecule has 0 spiro atoms. The van der Waals surface area contributed by atoms with Gasteiger partial charge in [0.2, 0.25) is 11.8 Å². The van der Waals surface area contributed by atoms with Gasteiger partial charge in [0.05, 0.1) is 6.04 Å². The normalized spacial score (nSPS) is 13.9. The highest BCUT2D eigenvalue weighted by atomic mass is 16.4. The number of hydrogen-bond acceptors (Lipinski definition) is 4. The smallest absolute Gasteiger partial charge is 0.326 e. The van der Waals surface area contributed by atoms with Crippen LogP contribution in [0.5, 0.6) is 0 Å². The maximum Gasteiger partial charge on any atom is 0.326 e. The van der Waals surface area contributed by atoms with Gasteiger partial charge in [-0.05, 0) is 36.0 Å². The van der Waals surface area contributed by atoms with E-state index in [9.17, 15) is 19.5 Å². The average Bonchev–Trinajstić information content (AvgIpc) is 3.21. The van der Waals surface area contributed by atoms with Crippen LogP contribution in [0.15, 0.2) is 60.8 Å². The summed E-state index contributed by atoms with van der Waals surface area (Å²) in [5.41, 5.74) is 8.68. The highest BCUT2D eigenvalue weighted by Gasteiger charge is 2.29. The molecule has 1 aromatic heterocycles. The standard InChI is InChI=1S/C26H32N4O4/c1-16(2)12-22(29-24(31)20(27)13-17-8-4-3-5-9-17)25(32)30-23(26(33)34)14-18-15-28-21-11-7-6-10-19(18)21/h3-11,15-16,20,22-23,28H,12-14,27H2,1-2H3,(H,29,31)(H,30,32)(H,33,34). The maximum absolute atomic E-state index is 13.1. The van der Waals surface area contributed by atoms with Crippen molar-refractivity contribution in [2.45, 2.75) is 51.2 Å². The molecule has 0 saturated heterocycles. The Kier molecular flexibility index (Phi) is 8.43. The van der Waals surface area contributed by atoms with E-state index in [0.29, 0.717) is 12.8 Å². The molecule has 0 saturated carbocycles. The first-order chi connectivity index (χ1) is 16.2. The number of H-pyrrole nitrogens is 1. The third-order valence-corrected chi connectivity index (χ3v) is 5.69. The summed E-state index contributed by atoms with van der Waals surface area (Å²) < 4.78 is 0. The van der Waals surface area contributed by atoms with Crippen molar-refractivity contribution in [1.82, 2.24) is 15.6 Å². The van der Waals surface area contributed by atoms with Crippen molar-refractivity contribution in [3.05, 3.63) is 71.9 Å². The van der Waals surface area contributed by atoms with Crippen LogP contribution in [0.3, 0.4) is 0 Å². The molecule has 3 unspecified atom stereocenters. The number of carboxylic acids is 1. The molecular weight excluding hydrogens is 432 g/mol. The van der Waals surface area contributed by atoms with Crippen LogP contribution < -0.4 is 16.4 Å². The molecule has 3 aromatic rings. The van der Waals surface area contributed by atoms with Crippen molar-refractivity contribution in [3.8, 4) is 0 Å². The number of hydrogen-bond donors (Lipinski definition) is 5. The summed E-state index contributed by atoms with van der Waals surface area (Å²) in [6.45, 7) is 3.86. The quantitative estimate of drug-likeness (QED) is 0.297. The zero-order chi connectivity index (χ0) is 24.7. The molecule has 0 fully saturated rings. The van der Waals surface area contributed by atoms with E-state index in [2.05, 4.69) is 15.6 Å². The molecule has 0 aliphatic rings. The average molecular weight is 465 g/mol. The van der Waals surface area contributed by atoms with Crippen molar-refractivity contribution < 1.29 is 19.5 Å². The largest absolute Gasteiger partial charge is 0.480 e. The van der Waals surface area contributed by atoms with E-state index in [-0.39, 0.29) is 12.3 Å². The van der Waals surface area contributed by atoms with E-state index in [4.69, 9.17) is 5.73 Å². The number of nitrogens with one attached hydrogen (secondary N) is 3.